The van der Waals surface area contributed by atoms with Crippen molar-refractivity contribution in [3.05, 3.63) is 48.3 Å². The summed E-state index contributed by atoms with van der Waals surface area (Å²) in [4.78, 5) is 15.4. The summed E-state index contributed by atoms with van der Waals surface area (Å²) in [5.41, 5.74) is 1.62. The average Bonchev–Trinajstić information content (AvgIpc) is 3.24. The van der Waals surface area contributed by atoms with Crippen LogP contribution in [0, 0.1) is 11.7 Å². The molecule has 0 saturated carbocycles. The second-order valence-electron chi connectivity index (χ2n) is 9.00. The van der Waals surface area contributed by atoms with Crippen molar-refractivity contribution in [1.29, 1.82) is 0 Å². The lowest BCUT2D eigenvalue weighted by atomic mass is 9.95. The van der Waals surface area contributed by atoms with Crippen LogP contribution in [-0.2, 0) is 4.79 Å². The third-order valence-electron chi connectivity index (χ3n) is 6.64. The Morgan fingerprint density at radius 2 is 1.88 bits per heavy atom. The van der Waals surface area contributed by atoms with E-state index in [1.165, 1.54) is 6.07 Å². The molecule has 2 aromatic carbocycles. The van der Waals surface area contributed by atoms with Crippen LogP contribution in [0.15, 0.2) is 42.5 Å². The highest BCUT2D eigenvalue weighted by Crippen LogP contribution is 2.32. The van der Waals surface area contributed by atoms with Gasteiger partial charge in [-0.25, -0.2) is 4.39 Å². The van der Waals surface area contributed by atoms with E-state index in [0.717, 1.165) is 37.2 Å². The molecule has 33 heavy (non-hydrogen) atoms. The molecule has 178 valence electrons. The first-order valence-corrected chi connectivity index (χ1v) is 11.9. The van der Waals surface area contributed by atoms with Gasteiger partial charge >= 0.3 is 5.97 Å². The van der Waals surface area contributed by atoms with Gasteiger partial charge in [0.15, 0.2) is 0 Å². The summed E-state index contributed by atoms with van der Waals surface area (Å²) < 4.78 is 26.3. The second-order valence-corrected chi connectivity index (χ2v) is 9.00. The van der Waals surface area contributed by atoms with Crippen molar-refractivity contribution >= 4 is 17.3 Å². The first-order valence-electron chi connectivity index (χ1n) is 11.9. The minimum atomic E-state index is -0.753. The van der Waals surface area contributed by atoms with Crippen molar-refractivity contribution < 1.29 is 23.8 Å². The lowest BCUT2D eigenvalue weighted by molar-refractivity contribution is -0.137. The first kappa shape index (κ1) is 23.2. The van der Waals surface area contributed by atoms with Gasteiger partial charge in [0, 0.05) is 49.8 Å². The maximum atomic E-state index is 14.5. The number of hydrogen-bond acceptors (Lipinski definition) is 5. The van der Waals surface area contributed by atoms with Gasteiger partial charge < -0.3 is 24.4 Å². The number of halogens is 1. The van der Waals surface area contributed by atoms with Crippen molar-refractivity contribution in [1.82, 2.24) is 0 Å². The Hall–Kier alpha value is -2.96. The molecule has 3 atom stereocenters. The number of aliphatic carboxylic acids is 1. The Bertz CT molecular complexity index is 952. The van der Waals surface area contributed by atoms with Crippen LogP contribution >= 0.6 is 0 Å². The van der Waals surface area contributed by atoms with Crippen molar-refractivity contribution in [2.24, 2.45) is 5.92 Å². The fraction of sp³-hybridized carbons (Fsp3) is 0.500. The smallest absolute Gasteiger partial charge is 0.305 e. The number of benzene rings is 2. The van der Waals surface area contributed by atoms with Gasteiger partial charge in [-0.1, -0.05) is 6.92 Å². The Balaban J connectivity index is 1.36. The molecular weight excluding hydrogens is 423 g/mol. The molecule has 2 saturated heterocycles. The topological polar surface area (TPSA) is 62.2 Å². The van der Waals surface area contributed by atoms with Crippen LogP contribution in [0.25, 0.3) is 0 Å². The molecule has 0 radical (unpaired) electrons. The minimum absolute atomic E-state index is 0.0526. The molecule has 2 unspecified atom stereocenters. The number of hydrogen-bond donors (Lipinski definition) is 1. The van der Waals surface area contributed by atoms with E-state index in [4.69, 9.17) is 14.6 Å². The third-order valence-corrected chi connectivity index (χ3v) is 6.64. The van der Waals surface area contributed by atoms with Crippen LogP contribution in [0.4, 0.5) is 15.8 Å². The number of nitrogens with zero attached hydrogens (tertiary/aromatic N) is 2. The van der Waals surface area contributed by atoms with Gasteiger partial charge in [0.05, 0.1) is 18.7 Å². The van der Waals surface area contributed by atoms with Gasteiger partial charge in [-0.05, 0) is 56.2 Å². The zero-order chi connectivity index (χ0) is 23.4. The summed E-state index contributed by atoms with van der Waals surface area (Å²) in [5.74, 6) is 0.735. The zero-order valence-corrected chi connectivity index (χ0v) is 19.4. The largest absolute Gasteiger partial charge is 0.494 e. The number of carboxylic acids is 1. The highest BCUT2D eigenvalue weighted by molar-refractivity contribution is 5.69. The van der Waals surface area contributed by atoms with E-state index in [1.54, 1.807) is 12.1 Å². The number of anilines is 2. The molecule has 0 aliphatic carbocycles. The number of piperidine rings is 1. The van der Waals surface area contributed by atoms with Crippen molar-refractivity contribution in [3.63, 3.8) is 0 Å². The van der Waals surface area contributed by atoms with E-state index in [0.29, 0.717) is 31.1 Å². The summed E-state index contributed by atoms with van der Waals surface area (Å²) >= 11 is 0. The summed E-state index contributed by atoms with van der Waals surface area (Å²) in [5, 5.41) is 9.16. The molecule has 0 aromatic heterocycles. The van der Waals surface area contributed by atoms with Gasteiger partial charge in [-0.2, -0.15) is 0 Å². The van der Waals surface area contributed by atoms with Crippen LogP contribution in [0.1, 0.15) is 39.5 Å². The highest BCUT2D eigenvalue weighted by atomic mass is 19.1. The van der Waals surface area contributed by atoms with Gasteiger partial charge in [-0.3, -0.25) is 4.79 Å². The molecule has 4 rings (SSSR count). The monoisotopic (exact) mass is 456 g/mol. The van der Waals surface area contributed by atoms with E-state index >= 15 is 0 Å². The molecule has 1 N–H and O–H groups in total. The lowest BCUT2D eigenvalue weighted by Crippen LogP contribution is -2.44. The van der Waals surface area contributed by atoms with Crippen LogP contribution in [0.3, 0.4) is 0 Å². The highest BCUT2D eigenvalue weighted by Gasteiger charge is 2.30. The van der Waals surface area contributed by atoms with Crippen molar-refractivity contribution in [3.8, 4) is 11.5 Å². The third kappa shape index (κ3) is 5.52. The predicted octanol–water partition coefficient (Wildman–Crippen LogP) is 4.96. The van der Waals surface area contributed by atoms with E-state index < -0.39 is 5.97 Å². The quantitative estimate of drug-likeness (QED) is 0.606. The van der Waals surface area contributed by atoms with Crippen molar-refractivity contribution in [2.75, 3.05) is 36.0 Å². The molecule has 7 heteroatoms. The van der Waals surface area contributed by atoms with E-state index in [2.05, 4.69) is 16.7 Å². The molecule has 0 bridgehead atoms. The first-order chi connectivity index (χ1) is 15.9. The van der Waals surface area contributed by atoms with Gasteiger partial charge in [0.25, 0.3) is 0 Å². The molecule has 2 aliphatic rings. The lowest BCUT2D eigenvalue weighted by Gasteiger charge is -2.38. The van der Waals surface area contributed by atoms with Crippen LogP contribution in [0.5, 0.6) is 11.5 Å². The van der Waals surface area contributed by atoms with E-state index in [9.17, 15) is 9.18 Å². The summed E-state index contributed by atoms with van der Waals surface area (Å²) in [6.45, 7) is 6.91. The molecular formula is C26H33FN2O4. The standard InChI is InChI=1S/C26H33FN2O4/c1-3-32-22-10-11-23(27)24(16-22)28-14-12-25(18(2)17-28)33-21-8-6-19(7-9-21)29-13-4-5-20(29)15-26(30)31/h6-11,16,18,20,25H,3-5,12-15,17H2,1-2H3,(H,30,31)/t18?,20-,25?/m1/s1. The normalized spacial score (nSPS) is 22.9. The van der Waals surface area contributed by atoms with Crippen LogP contribution < -0.4 is 19.3 Å². The maximum absolute atomic E-state index is 14.5. The fourth-order valence-corrected chi connectivity index (χ4v) is 4.99. The Kier molecular flexibility index (Phi) is 7.26. The molecule has 2 fully saturated rings. The average molecular weight is 457 g/mol. The molecule has 0 amide bonds. The Morgan fingerprint density at radius 1 is 1.12 bits per heavy atom. The zero-order valence-electron chi connectivity index (χ0n) is 19.4. The molecule has 2 heterocycles. The summed E-state index contributed by atoms with van der Waals surface area (Å²) in [6, 6.07) is 12.9. The van der Waals surface area contributed by atoms with Crippen LogP contribution in [-0.4, -0.2) is 49.5 Å². The molecule has 0 spiro atoms. The Morgan fingerprint density at radius 3 is 2.58 bits per heavy atom. The van der Waals surface area contributed by atoms with Crippen LogP contribution in [0.2, 0.25) is 0 Å². The molecule has 6 nitrogen and oxygen atoms in total. The number of carboxylic acid groups (broad SMARTS) is 1. The van der Waals surface area contributed by atoms with E-state index in [-0.39, 0.29) is 30.3 Å². The minimum Gasteiger partial charge on any atom is -0.494 e. The van der Waals surface area contributed by atoms with Gasteiger partial charge in [0.2, 0.25) is 0 Å². The second kappa shape index (κ2) is 10.3. The predicted molar refractivity (Wildman–Crippen MR) is 127 cm³/mol. The number of carbonyl (C=O) groups is 1. The number of ether oxygens (including phenoxy) is 2. The van der Waals surface area contributed by atoms with Crippen molar-refractivity contribution in [2.45, 2.75) is 51.7 Å². The molecule has 2 aromatic rings. The van der Waals surface area contributed by atoms with Gasteiger partial charge in [0.1, 0.15) is 23.4 Å². The number of rotatable bonds is 8. The fourth-order valence-electron chi connectivity index (χ4n) is 4.99. The van der Waals surface area contributed by atoms with Gasteiger partial charge in [-0.15, -0.1) is 0 Å². The molecule has 2 aliphatic heterocycles. The summed E-state index contributed by atoms with van der Waals surface area (Å²) in [7, 11) is 0. The maximum Gasteiger partial charge on any atom is 0.305 e. The Labute approximate surface area is 194 Å². The van der Waals surface area contributed by atoms with E-state index in [1.807, 2.05) is 31.2 Å². The SMILES string of the molecule is CCOc1ccc(F)c(N2CCC(Oc3ccc(N4CCC[C@@H]4CC(=O)O)cc3)C(C)C2)c1. The summed E-state index contributed by atoms with van der Waals surface area (Å²) in [6.07, 6.45) is 2.95.